The molecule has 0 fully saturated rings. The lowest BCUT2D eigenvalue weighted by Crippen LogP contribution is -2.55. The minimum atomic E-state index is -6.45. The van der Waals surface area contributed by atoms with E-state index in [1.165, 1.54) is 6.07 Å². The molecule has 0 spiro atoms. The normalized spacial score (nSPS) is 12.7. The summed E-state index contributed by atoms with van der Waals surface area (Å²) < 4.78 is 104. The summed E-state index contributed by atoms with van der Waals surface area (Å²) in [6.07, 6.45) is -6.45. The Morgan fingerprint density at radius 2 is 1.60 bits per heavy atom. The number of alkyl halides is 7. The van der Waals surface area contributed by atoms with E-state index in [9.17, 15) is 35.1 Å². The number of hydrogen-bond acceptors (Lipinski definition) is 2. The van der Waals surface area contributed by atoms with Crippen molar-refractivity contribution in [3.63, 3.8) is 0 Å². The summed E-state index contributed by atoms with van der Waals surface area (Å²) >= 11 is 5.99. The lowest BCUT2D eigenvalue weighted by Gasteiger charge is -2.28. The van der Waals surface area contributed by atoms with Crippen LogP contribution in [0.3, 0.4) is 0 Å². The lowest BCUT2D eigenvalue weighted by molar-refractivity contribution is -0.350. The van der Waals surface area contributed by atoms with Gasteiger partial charge in [-0.15, -0.1) is 0 Å². The van der Waals surface area contributed by atoms with E-state index in [4.69, 9.17) is 11.6 Å². The molecule has 3 aromatic rings. The first kappa shape index (κ1) is 23.7. The monoisotopic (exact) mass is 461 g/mol. The molecule has 0 amide bonds. The second-order valence-electron chi connectivity index (χ2n) is 6.04. The largest absolute Gasteiger partial charge is 0.459 e. The van der Waals surface area contributed by atoms with Gasteiger partial charge in [-0.1, -0.05) is 41.9 Å². The molecule has 30 heavy (non-hydrogen) atoms. The van der Waals surface area contributed by atoms with Crippen LogP contribution in [0.1, 0.15) is 0 Å². The third kappa shape index (κ3) is 3.88. The fourth-order valence-electron chi connectivity index (χ4n) is 2.57. The van der Waals surface area contributed by atoms with E-state index in [2.05, 4.69) is 10.2 Å². The highest BCUT2D eigenvalue weighted by molar-refractivity contribution is 6.34. The molecule has 1 heterocycles. The molecule has 0 bridgehead atoms. The predicted molar refractivity (Wildman–Crippen MR) is 94.6 cm³/mol. The van der Waals surface area contributed by atoms with Gasteiger partial charge in [0.1, 0.15) is 5.52 Å². The number of nitrogens with zero attached hydrogens (tertiary/aromatic N) is 1. The van der Waals surface area contributed by atoms with Gasteiger partial charge in [-0.05, 0) is 11.6 Å². The number of hydrogen-bond donors (Lipinski definition) is 2. The summed E-state index contributed by atoms with van der Waals surface area (Å²) in [5.74, 6) is -13.3. The topological polar surface area (TPSA) is 72.2 Å². The standard InChI is InChI=1S/C17H10ClF8N3.H2O/c18-11-9(8-4-2-1-3-5-8)6-10-13(12(11)19)28-29-14(10)27-7-15(20,21)16(22,23)17(24,25)26;/h1-6H,7H2,(H2,27,28,29);1H2. The summed E-state index contributed by atoms with van der Waals surface area (Å²) in [7, 11) is 0. The zero-order valence-corrected chi connectivity index (χ0v) is 15.3. The zero-order valence-electron chi connectivity index (χ0n) is 14.5. The molecule has 1 aromatic heterocycles. The quantitative estimate of drug-likeness (QED) is 0.496. The van der Waals surface area contributed by atoms with Crippen LogP contribution >= 0.6 is 11.6 Å². The van der Waals surface area contributed by atoms with Crippen LogP contribution in [0.2, 0.25) is 5.02 Å². The minimum absolute atomic E-state index is 0. The number of nitrogens with one attached hydrogen (secondary N) is 2. The van der Waals surface area contributed by atoms with Crippen LogP contribution in [0.25, 0.3) is 22.0 Å². The van der Waals surface area contributed by atoms with Crippen LogP contribution in [-0.4, -0.2) is 40.2 Å². The second kappa shape index (κ2) is 7.91. The van der Waals surface area contributed by atoms with Crippen molar-refractivity contribution in [2.45, 2.75) is 18.0 Å². The van der Waals surface area contributed by atoms with Gasteiger partial charge in [0, 0.05) is 10.9 Å². The summed E-state index contributed by atoms with van der Waals surface area (Å²) in [4.78, 5) is 0. The number of halogens is 9. The Bertz CT molecular complexity index is 1040. The van der Waals surface area contributed by atoms with Gasteiger partial charge in [0.05, 0.1) is 11.6 Å². The number of aromatic nitrogens is 2. The van der Waals surface area contributed by atoms with Crippen molar-refractivity contribution in [3.05, 3.63) is 47.2 Å². The van der Waals surface area contributed by atoms with Crippen molar-refractivity contribution in [3.8, 4) is 11.1 Å². The van der Waals surface area contributed by atoms with Crippen molar-refractivity contribution in [1.29, 1.82) is 0 Å². The van der Waals surface area contributed by atoms with Crippen molar-refractivity contribution in [2.24, 2.45) is 0 Å². The molecular formula is C17H12ClF8N3O. The first-order valence-electron chi connectivity index (χ1n) is 7.84. The van der Waals surface area contributed by atoms with Gasteiger partial charge >= 0.3 is 18.0 Å². The molecule has 0 unspecified atom stereocenters. The average molecular weight is 462 g/mol. The van der Waals surface area contributed by atoms with E-state index >= 15 is 0 Å². The third-order valence-corrected chi connectivity index (χ3v) is 4.49. The van der Waals surface area contributed by atoms with Crippen LogP contribution in [0.5, 0.6) is 0 Å². The minimum Gasteiger partial charge on any atom is -0.412 e. The van der Waals surface area contributed by atoms with Crippen LogP contribution in [0.15, 0.2) is 36.4 Å². The fraction of sp³-hybridized carbons (Fsp3) is 0.235. The van der Waals surface area contributed by atoms with Crippen LogP contribution in [0.4, 0.5) is 40.9 Å². The Balaban J connectivity index is 0.00000320. The lowest BCUT2D eigenvalue weighted by atomic mass is 10.0. The maximum Gasteiger partial charge on any atom is 0.459 e. The number of fused-ring (bicyclic) bond motifs is 1. The van der Waals surface area contributed by atoms with Crippen LogP contribution < -0.4 is 5.32 Å². The van der Waals surface area contributed by atoms with Gasteiger partial charge < -0.3 is 10.8 Å². The highest BCUT2D eigenvalue weighted by Crippen LogP contribution is 2.46. The highest BCUT2D eigenvalue weighted by atomic mass is 35.5. The van der Waals surface area contributed by atoms with Crippen molar-refractivity contribution >= 4 is 28.3 Å². The summed E-state index contributed by atoms with van der Waals surface area (Å²) in [5.41, 5.74) is 0.275. The van der Waals surface area contributed by atoms with Gasteiger partial charge in [-0.2, -0.15) is 35.8 Å². The van der Waals surface area contributed by atoms with Crippen molar-refractivity contribution in [2.75, 3.05) is 11.9 Å². The molecule has 13 heteroatoms. The van der Waals surface area contributed by atoms with Crippen LogP contribution in [-0.2, 0) is 0 Å². The van der Waals surface area contributed by atoms with Crippen molar-refractivity contribution in [1.82, 2.24) is 10.2 Å². The van der Waals surface area contributed by atoms with E-state index in [-0.39, 0.29) is 27.0 Å². The molecule has 0 saturated heterocycles. The fourth-order valence-corrected chi connectivity index (χ4v) is 2.83. The maximum absolute atomic E-state index is 14.5. The zero-order chi connectivity index (χ0) is 21.6. The molecule has 0 aliphatic carbocycles. The molecule has 164 valence electrons. The average Bonchev–Trinajstić information content (AvgIpc) is 3.06. The Morgan fingerprint density at radius 3 is 2.17 bits per heavy atom. The van der Waals surface area contributed by atoms with Crippen molar-refractivity contribution < 1.29 is 40.6 Å². The first-order valence-corrected chi connectivity index (χ1v) is 8.22. The molecule has 0 atom stereocenters. The number of anilines is 1. The Morgan fingerprint density at radius 1 is 1.00 bits per heavy atom. The molecule has 3 rings (SSSR count). The first-order chi connectivity index (χ1) is 13.4. The van der Waals surface area contributed by atoms with E-state index < -0.39 is 36.2 Å². The summed E-state index contributed by atoms with van der Waals surface area (Å²) in [6, 6.07) is 9.35. The molecular weight excluding hydrogens is 450 g/mol. The molecule has 0 aliphatic heterocycles. The SMILES string of the molecule is Fc1c(Cl)c(-c2ccccc2)cc2c(NCC(F)(F)C(F)(F)C(F)(F)F)n[nH]c12.O. The van der Waals surface area contributed by atoms with Gasteiger partial charge in [0.2, 0.25) is 0 Å². The van der Waals surface area contributed by atoms with Gasteiger partial charge in [0.15, 0.2) is 11.6 Å². The molecule has 4 nitrogen and oxygen atoms in total. The van der Waals surface area contributed by atoms with Gasteiger partial charge in [0.25, 0.3) is 0 Å². The Hall–Kier alpha value is -2.60. The van der Waals surface area contributed by atoms with E-state index in [1.807, 2.05) is 0 Å². The third-order valence-electron chi connectivity index (χ3n) is 4.12. The van der Waals surface area contributed by atoms with Gasteiger partial charge in [-0.3, -0.25) is 5.10 Å². The van der Waals surface area contributed by atoms with E-state index in [1.54, 1.807) is 35.6 Å². The molecule has 0 aliphatic rings. The number of aromatic amines is 1. The van der Waals surface area contributed by atoms with Crippen LogP contribution in [0, 0.1) is 5.82 Å². The molecule has 4 N–H and O–H groups in total. The molecule has 0 radical (unpaired) electrons. The second-order valence-corrected chi connectivity index (χ2v) is 6.42. The van der Waals surface area contributed by atoms with E-state index in [0.717, 1.165) is 0 Å². The number of H-pyrrole nitrogens is 1. The van der Waals surface area contributed by atoms with Gasteiger partial charge in [-0.25, -0.2) is 4.39 Å². The summed E-state index contributed by atoms with van der Waals surface area (Å²) in [6.45, 7) is -2.09. The molecule has 0 saturated carbocycles. The maximum atomic E-state index is 14.5. The summed E-state index contributed by atoms with van der Waals surface area (Å²) in [5, 5.41) is 6.90. The Labute approximate surface area is 168 Å². The number of benzene rings is 2. The smallest absolute Gasteiger partial charge is 0.412 e. The van der Waals surface area contributed by atoms with E-state index in [0.29, 0.717) is 5.56 Å². The highest BCUT2D eigenvalue weighted by Gasteiger charge is 2.72. The predicted octanol–water partition coefficient (Wildman–Crippen LogP) is 5.44. The Kier molecular flexibility index (Phi) is 6.24. The number of rotatable bonds is 5. The molecule has 2 aromatic carbocycles.